The van der Waals surface area contributed by atoms with E-state index in [4.69, 9.17) is 0 Å². The van der Waals surface area contributed by atoms with Crippen LogP contribution in [0.2, 0.25) is 0 Å². The van der Waals surface area contributed by atoms with E-state index in [2.05, 4.69) is 86.5 Å². The van der Waals surface area contributed by atoms with Crippen LogP contribution >= 0.6 is 79.5 Å². The average Bonchev–Trinajstić information content (AvgIpc) is 2.49. The van der Waals surface area contributed by atoms with E-state index in [1.165, 1.54) is 108 Å². The number of alkyl halides is 3. The molecule has 0 heterocycles. The summed E-state index contributed by atoms with van der Waals surface area (Å²) in [5.74, 6) is 1.33. The Morgan fingerprint density at radius 1 is 0.522 bits per heavy atom. The molecular formula is C19H37I3S. The summed E-state index contributed by atoms with van der Waals surface area (Å²) in [7, 11) is 0. The van der Waals surface area contributed by atoms with Crippen molar-refractivity contribution in [1.29, 1.82) is 0 Å². The molecule has 0 saturated carbocycles. The fourth-order valence-corrected chi connectivity index (χ4v) is 5.40. The Labute approximate surface area is 191 Å². The second kappa shape index (κ2) is 19.3. The van der Waals surface area contributed by atoms with Gasteiger partial charge in [0.25, 0.3) is 0 Å². The minimum Gasteiger partial charge on any atom is -0.124 e. The molecule has 23 heavy (non-hydrogen) atoms. The molecule has 0 rings (SSSR count). The SMILES string of the molecule is CCCCCCCCCCCCCCCCCCSC(I)(I)I. The molecule has 0 aliphatic heterocycles. The number of hydrogen-bond acceptors (Lipinski definition) is 1. The van der Waals surface area contributed by atoms with Crippen LogP contribution in [0, 0.1) is 0 Å². The molecule has 0 aromatic carbocycles. The van der Waals surface area contributed by atoms with Crippen molar-refractivity contribution in [2.45, 2.75) is 108 Å². The van der Waals surface area contributed by atoms with Gasteiger partial charge in [0, 0.05) is 0 Å². The van der Waals surface area contributed by atoms with Gasteiger partial charge in [0.05, 0.1) is 0 Å². The second-order valence-electron chi connectivity index (χ2n) is 6.60. The summed E-state index contributed by atoms with van der Waals surface area (Å²) in [6.07, 6.45) is 23.3. The van der Waals surface area contributed by atoms with Crippen molar-refractivity contribution in [1.82, 2.24) is 0 Å². The van der Waals surface area contributed by atoms with Crippen molar-refractivity contribution in [3.8, 4) is 0 Å². The average molecular weight is 678 g/mol. The largest absolute Gasteiger partial charge is 0.168 e. The van der Waals surface area contributed by atoms with E-state index >= 15 is 0 Å². The first-order chi connectivity index (χ1) is 11.1. The highest BCUT2D eigenvalue weighted by molar-refractivity contribution is 14.3. The first-order valence-electron chi connectivity index (χ1n) is 9.77. The third kappa shape index (κ3) is 24.5. The Morgan fingerprint density at radius 2 is 0.826 bits per heavy atom. The first kappa shape index (κ1) is 25.5. The predicted molar refractivity (Wildman–Crippen MR) is 137 cm³/mol. The summed E-state index contributed by atoms with van der Waals surface area (Å²) in [4.78, 5) is 0. The molecule has 0 nitrogen and oxygen atoms in total. The lowest BCUT2D eigenvalue weighted by Crippen LogP contribution is -1.93. The lowest BCUT2D eigenvalue weighted by molar-refractivity contribution is 0.532. The number of thioether (sulfide) groups is 1. The zero-order valence-electron chi connectivity index (χ0n) is 15.1. The normalized spacial score (nSPS) is 12.0. The van der Waals surface area contributed by atoms with Crippen LogP contribution in [-0.4, -0.2) is 4.52 Å². The maximum Gasteiger partial charge on any atom is 0.168 e. The van der Waals surface area contributed by atoms with Crippen molar-refractivity contribution < 1.29 is 0 Å². The molecule has 0 saturated heterocycles. The van der Waals surface area contributed by atoms with E-state index in [1.807, 2.05) is 0 Å². The molecule has 0 aromatic rings. The Hall–Kier alpha value is 2.54. The molecule has 0 aliphatic carbocycles. The van der Waals surface area contributed by atoms with Gasteiger partial charge in [-0.1, -0.05) is 103 Å². The van der Waals surface area contributed by atoms with E-state index in [-0.39, 0.29) is 0 Å². The van der Waals surface area contributed by atoms with Gasteiger partial charge in [-0.15, -0.1) is 11.8 Å². The van der Waals surface area contributed by atoms with Gasteiger partial charge in [-0.25, -0.2) is 0 Å². The standard InChI is InChI=1S/C19H37I3S/c1-2-3-4-5-6-7-8-9-10-11-12-13-14-15-16-17-18-23-19(20,21)22/h2-18H2,1H3. The second-order valence-corrected chi connectivity index (χ2v) is 21.1. The minimum absolute atomic E-state index is 0.364. The van der Waals surface area contributed by atoms with Crippen molar-refractivity contribution in [2.24, 2.45) is 0 Å². The monoisotopic (exact) mass is 678 g/mol. The van der Waals surface area contributed by atoms with Crippen molar-refractivity contribution in [3.63, 3.8) is 0 Å². The van der Waals surface area contributed by atoms with Crippen LogP contribution in [-0.2, 0) is 0 Å². The summed E-state index contributed by atoms with van der Waals surface area (Å²) in [6, 6.07) is 0. The summed E-state index contributed by atoms with van der Waals surface area (Å²) < 4.78 is 0.364. The van der Waals surface area contributed by atoms with E-state index < -0.39 is 0 Å². The van der Waals surface area contributed by atoms with Crippen molar-refractivity contribution >= 4 is 79.5 Å². The topological polar surface area (TPSA) is 0 Å². The number of unbranched alkanes of at least 4 members (excludes halogenated alkanes) is 15. The van der Waals surface area contributed by atoms with Crippen LogP contribution < -0.4 is 0 Å². The molecule has 0 bridgehead atoms. The molecule has 0 spiro atoms. The zero-order chi connectivity index (χ0) is 17.2. The fraction of sp³-hybridized carbons (Fsp3) is 1.00. The van der Waals surface area contributed by atoms with Gasteiger partial charge in [-0.2, -0.15) is 0 Å². The van der Waals surface area contributed by atoms with Gasteiger partial charge in [0.2, 0.25) is 0 Å². The fourth-order valence-electron chi connectivity index (χ4n) is 2.84. The molecular weight excluding hydrogens is 641 g/mol. The third-order valence-electron chi connectivity index (χ3n) is 4.26. The Kier molecular flexibility index (Phi) is 21.4. The summed E-state index contributed by atoms with van der Waals surface area (Å²) in [5, 5.41) is 0. The number of hydrogen-bond donors (Lipinski definition) is 0. The highest BCUT2D eigenvalue weighted by atomic mass is 127. The minimum atomic E-state index is 0.364. The Balaban J connectivity index is 3.00. The zero-order valence-corrected chi connectivity index (χ0v) is 22.4. The maximum atomic E-state index is 2.52. The van der Waals surface area contributed by atoms with Crippen molar-refractivity contribution in [3.05, 3.63) is 0 Å². The Morgan fingerprint density at radius 3 is 1.13 bits per heavy atom. The molecule has 0 amide bonds. The van der Waals surface area contributed by atoms with Gasteiger partial charge in [0.1, 0.15) is 0 Å². The molecule has 0 fully saturated rings. The predicted octanol–water partition coefficient (Wildman–Crippen LogP) is 9.90. The molecule has 140 valence electrons. The van der Waals surface area contributed by atoms with Gasteiger partial charge in [0.15, 0.2) is -1.23 Å². The van der Waals surface area contributed by atoms with E-state index in [0.717, 1.165) is 0 Å². The molecule has 0 aliphatic rings. The van der Waals surface area contributed by atoms with Crippen LogP contribution in [0.25, 0.3) is 0 Å². The number of rotatable bonds is 18. The molecule has 0 radical (unpaired) electrons. The molecule has 0 atom stereocenters. The summed E-state index contributed by atoms with van der Waals surface area (Å²) >= 11 is 9.63. The first-order valence-corrected chi connectivity index (χ1v) is 14.0. The van der Waals surface area contributed by atoms with Crippen LogP contribution in [0.4, 0.5) is 0 Å². The van der Waals surface area contributed by atoms with Gasteiger partial charge >= 0.3 is 0 Å². The van der Waals surface area contributed by atoms with Gasteiger partial charge in [-0.05, 0) is 79.9 Å². The van der Waals surface area contributed by atoms with Crippen LogP contribution in [0.3, 0.4) is 0 Å². The van der Waals surface area contributed by atoms with E-state index in [1.54, 1.807) is 0 Å². The van der Waals surface area contributed by atoms with Crippen molar-refractivity contribution in [2.75, 3.05) is 5.75 Å². The van der Waals surface area contributed by atoms with E-state index in [0.29, 0.717) is -1.23 Å². The molecule has 0 aromatic heterocycles. The molecule has 0 unspecified atom stereocenters. The van der Waals surface area contributed by atoms with Crippen LogP contribution in [0.15, 0.2) is 0 Å². The summed E-state index contributed by atoms with van der Waals surface area (Å²) in [5.41, 5.74) is 0. The highest BCUT2D eigenvalue weighted by Crippen LogP contribution is 2.46. The lowest BCUT2D eigenvalue weighted by Gasteiger charge is -2.10. The van der Waals surface area contributed by atoms with Crippen LogP contribution in [0.1, 0.15) is 110 Å². The van der Waals surface area contributed by atoms with Gasteiger partial charge in [-0.3, -0.25) is 0 Å². The molecule has 4 heteroatoms. The van der Waals surface area contributed by atoms with Gasteiger partial charge < -0.3 is 0 Å². The summed E-state index contributed by atoms with van der Waals surface area (Å²) in [6.45, 7) is 2.30. The smallest absolute Gasteiger partial charge is 0.124 e. The van der Waals surface area contributed by atoms with E-state index in [9.17, 15) is 0 Å². The molecule has 0 N–H and O–H groups in total. The Bertz CT molecular complexity index is 229. The lowest BCUT2D eigenvalue weighted by atomic mass is 10.0. The highest BCUT2D eigenvalue weighted by Gasteiger charge is 2.16. The van der Waals surface area contributed by atoms with Crippen LogP contribution in [0.5, 0.6) is 0 Å². The quantitative estimate of drug-likeness (QED) is 0.0791. The number of halogens is 3. The maximum absolute atomic E-state index is 2.52. The third-order valence-corrected chi connectivity index (χ3v) is 7.89.